The SMILES string of the molecule is CC1CC(N)CCC1C(=O)NCC1CCCOC1. The number of hydrogen-bond donors (Lipinski definition) is 2. The van der Waals surface area contributed by atoms with Crippen molar-refractivity contribution >= 4 is 5.91 Å². The van der Waals surface area contributed by atoms with Crippen LogP contribution in [0.25, 0.3) is 0 Å². The summed E-state index contributed by atoms with van der Waals surface area (Å²) in [7, 11) is 0. The van der Waals surface area contributed by atoms with Gasteiger partial charge in [-0.15, -0.1) is 0 Å². The van der Waals surface area contributed by atoms with E-state index >= 15 is 0 Å². The van der Waals surface area contributed by atoms with Crippen molar-refractivity contribution in [1.82, 2.24) is 5.32 Å². The Kier molecular flexibility index (Phi) is 5.01. The number of hydrogen-bond acceptors (Lipinski definition) is 3. The van der Waals surface area contributed by atoms with Crippen LogP contribution in [0.4, 0.5) is 0 Å². The normalized spacial score (nSPS) is 37.2. The molecule has 1 amide bonds. The van der Waals surface area contributed by atoms with Crippen LogP contribution in [0, 0.1) is 17.8 Å². The second kappa shape index (κ2) is 6.53. The number of nitrogens with one attached hydrogen (secondary N) is 1. The van der Waals surface area contributed by atoms with Crippen LogP contribution in [-0.4, -0.2) is 31.7 Å². The summed E-state index contributed by atoms with van der Waals surface area (Å²) in [6, 6.07) is 0.288. The first-order valence-corrected chi connectivity index (χ1v) is 7.28. The van der Waals surface area contributed by atoms with Gasteiger partial charge < -0.3 is 15.8 Å². The average Bonchev–Trinajstić information content (AvgIpc) is 2.37. The van der Waals surface area contributed by atoms with E-state index in [2.05, 4.69) is 12.2 Å². The van der Waals surface area contributed by atoms with Gasteiger partial charge in [0.1, 0.15) is 0 Å². The van der Waals surface area contributed by atoms with Gasteiger partial charge in [0.25, 0.3) is 0 Å². The van der Waals surface area contributed by atoms with E-state index in [1.54, 1.807) is 0 Å². The van der Waals surface area contributed by atoms with Gasteiger partial charge in [-0.25, -0.2) is 0 Å². The number of nitrogens with two attached hydrogens (primary N) is 1. The number of amides is 1. The molecule has 4 heteroatoms. The van der Waals surface area contributed by atoms with Crippen molar-refractivity contribution in [3.63, 3.8) is 0 Å². The maximum absolute atomic E-state index is 12.2. The summed E-state index contributed by atoms with van der Waals surface area (Å²) >= 11 is 0. The van der Waals surface area contributed by atoms with Crippen LogP contribution in [-0.2, 0) is 9.53 Å². The maximum Gasteiger partial charge on any atom is 0.223 e. The first kappa shape index (κ1) is 13.8. The molecule has 0 spiro atoms. The molecule has 0 aromatic carbocycles. The van der Waals surface area contributed by atoms with Crippen molar-refractivity contribution in [3.8, 4) is 0 Å². The zero-order chi connectivity index (χ0) is 13.0. The van der Waals surface area contributed by atoms with Gasteiger partial charge in [-0.05, 0) is 43.9 Å². The molecule has 4 nitrogen and oxygen atoms in total. The molecule has 18 heavy (non-hydrogen) atoms. The highest BCUT2D eigenvalue weighted by Gasteiger charge is 2.31. The van der Waals surface area contributed by atoms with E-state index < -0.39 is 0 Å². The molecule has 1 aliphatic heterocycles. The van der Waals surface area contributed by atoms with Gasteiger partial charge in [-0.3, -0.25) is 4.79 Å². The molecule has 0 aromatic heterocycles. The molecule has 1 heterocycles. The molecule has 104 valence electrons. The van der Waals surface area contributed by atoms with Crippen LogP contribution < -0.4 is 11.1 Å². The predicted octanol–water partition coefficient (Wildman–Crippen LogP) is 1.29. The Hall–Kier alpha value is -0.610. The Balaban J connectivity index is 1.73. The van der Waals surface area contributed by atoms with E-state index in [0.717, 1.165) is 45.4 Å². The molecule has 2 rings (SSSR count). The molecule has 1 saturated heterocycles. The smallest absolute Gasteiger partial charge is 0.223 e. The zero-order valence-corrected chi connectivity index (χ0v) is 11.4. The van der Waals surface area contributed by atoms with Gasteiger partial charge in [0, 0.05) is 25.1 Å². The quantitative estimate of drug-likeness (QED) is 0.797. The highest BCUT2D eigenvalue weighted by Crippen LogP contribution is 2.29. The molecule has 4 unspecified atom stereocenters. The Morgan fingerprint density at radius 1 is 1.39 bits per heavy atom. The second-order valence-electron chi connectivity index (χ2n) is 5.99. The summed E-state index contributed by atoms with van der Waals surface area (Å²) in [5.41, 5.74) is 5.93. The summed E-state index contributed by atoms with van der Waals surface area (Å²) < 4.78 is 5.43. The first-order chi connectivity index (χ1) is 8.66. The molecule has 2 aliphatic rings. The molecule has 1 aliphatic carbocycles. The lowest BCUT2D eigenvalue weighted by atomic mass is 9.77. The van der Waals surface area contributed by atoms with Crippen molar-refractivity contribution in [2.24, 2.45) is 23.5 Å². The van der Waals surface area contributed by atoms with Gasteiger partial charge >= 0.3 is 0 Å². The molecule has 0 aromatic rings. The summed E-state index contributed by atoms with van der Waals surface area (Å²) in [5, 5.41) is 3.11. The van der Waals surface area contributed by atoms with Gasteiger partial charge in [-0.1, -0.05) is 6.92 Å². The Morgan fingerprint density at radius 3 is 2.89 bits per heavy atom. The lowest BCUT2D eigenvalue weighted by Gasteiger charge is -2.32. The molecular formula is C14H26N2O2. The largest absolute Gasteiger partial charge is 0.381 e. The highest BCUT2D eigenvalue weighted by molar-refractivity contribution is 5.79. The summed E-state index contributed by atoms with van der Waals surface area (Å²) in [6.07, 6.45) is 5.19. The van der Waals surface area contributed by atoms with Crippen LogP contribution in [0.1, 0.15) is 39.0 Å². The number of carbonyl (C=O) groups is 1. The first-order valence-electron chi connectivity index (χ1n) is 7.28. The molecular weight excluding hydrogens is 228 g/mol. The highest BCUT2D eigenvalue weighted by atomic mass is 16.5. The molecule has 3 N–H and O–H groups in total. The van der Waals surface area contributed by atoms with E-state index in [4.69, 9.17) is 10.5 Å². The zero-order valence-electron chi connectivity index (χ0n) is 11.4. The number of carbonyl (C=O) groups excluding carboxylic acids is 1. The van der Waals surface area contributed by atoms with Crippen molar-refractivity contribution in [2.75, 3.05) is 19.8 Å². The van der Waals surface area contributed by atoms with Crippen molar-refractivity contribution in [1.29, 1.82) is 0 Å². The molecule has 4 atom stereocenters. The van der Waals surface area contributed by atoms with E-state index in [1.165, 1.54) is 6.42 Å². The van der Waals surface area contributed by atoms with E-state index in [0.29, 0.717) is 11.8 Å². The average molecular weight is 254 g/mol. The number of ether oxygens (including phenoxy) is 1. The van der Waals surface area contributed by atoms with Gasteiger partial charge in [0.15, 0.2) is 0 Å². The fraction of sp³-hybridized carbons (Fsp3) is 0.929. The van der Waals surface area contributed by atoms with Crippen molar-refractivity contribution in [3.05, 3.63) is 0 Å². The minimum atomic E-state index is 0.161. The van der Waals surface area contributed by atoms with Gasteiger partial charge in [-0.2, -0.15) is 0 Å². The maximum atomic E-state index is 12.2. The van der Waals surface area contributed by atoms with Crippen LogP contribution in [0.3, 0.4) is 0 Å². The Morgan fingerprint density at radius 2 is 2.22 bits per heavy atom. The topological polar surface area (TPSA) is 64.4 Å². The predicted molar refractivity (Wildman–Crippen MR) is 71.0 cm³/mol. The monoisotopic (exact) mass is 254 g/mol. The second-order valence-corrected chi connectivity index (χ2v) is 5.99. The number of rotatable bonds is 3. The molecule has 0 radical (unpaired) electrons. The van der Waals surface area contributed by atoms with Crippen LogP contribution >= 0.6 is 0 Å². The molecule has 1 saturated carbocycles. The third-order valence-electron chi connectivity index (χ3n) is 4.37. The fourth-order valence-electron chi connectivity index (χ4n) is 3.17. The summed E-state index contributed by atoms with van der Waals surface area (Å²) in [4.78, 5) is 12.2. The molecule has 2 fully saturated rings. The summed E-state index contributed by atoms with van der Waals surface area (Å²) in [5.74, 6) is 1.30. The van der Waals surface area contributed by atoms with Gasteiger partial charge in [0.05, 0.1) is 6.61 Å². The van der Waals surface area contributed by atoms with Gasteiger partial charge in [0.2, 0.25) is 5.91 Å². The van der Waals surface area contributed by atoms with Crippen LogP contribution in [0.2, 0.25) is 0 Å². The minimum Gasteiger partial charge on any atom is -0.381 e. The van der Waals surface area contributed by atoms with E-state index in [-0.39, 0.29) is 17.9 Å². The lowest BCUT2D eigenvalue weighted by molar-refractivity contribution is -0.128. The fourth-order valence-corrected chi connectivity index (χ4v) is 3.17. The van der Waals surface area contributed by atoms with Crippen molar-refractivity contribution in [2.45, 2.75) is 45.1 Å². The minimum absolute atomic E-state index is 0.161. The third-order valence-corrected chi connectivity index (χ3v) is 4.37. The third kappa shape index (κ3) is 3.69. The summed E-state index contributed by atoms with van der Waals surface area (Å²) in [6.45, 7) is 4.59. The van der Waals surface area contributed by atoms with Crippen LogP contribution in [0.15, 0.2) is 0 Å². The van der Waals surface area contributed by atoms with E-state index in [1.807, 2.05) is 0 Å². The van der Waals surface area contributed by atoms with Crippen LogP contribution in [0.5, 0.6) is 0 Å². The Bertz CT molecular complexity index is 277. The van der Waals surface area contributed by atoms with E-state index in [9.17, 15) is 4.79 Å². The lowest BCUT2D eigenvalue weighted by Crippen LogP contribution is -2.42. The standard InChI is InChI=1S/C14H26N2O2/c1-10-7-12(15)4-5-13(10)14(17)16-8-11-3-2-6-18-9-11/h10-13H,2-9,15H2,1H3,(H,16,17). The Labute approximate surface area is 110 Å². The van der Waals surface area contributed by atoms with Crippen molar-refractivity contribution < 1.29 is 9.53 Å². The molecule has 0 bridgehead atoms.